The molecule has 2 aromatic carbocycles. The Morgan fingerprint density at radius 2 is 1.87 bits per heavy atom. The second-order valence-corrected chi connectivity index (χ2v) is 10.1. The minimum atomic E-state index is -3.64. The highest BCUT2D eigenvalue weighted by atomic mass is 35.5. The number of nitrogens with zero attached hydrogens (tertiary/aromatic N) is 2. The first-order chi connectivity index (χ1) is 14.7. The lowest BCUT2D eigenvalue weighted by atomic mass is 10.2. The Labute approximate surface area is 192 Å². The highest BCUT2D eigenvalue weighted by Gasteiger charge is 2.27. The van der Waals surface area contributed by atoms with Crippen LogP contribution in [0.25, 0.3) is 0 Å². The molecule has 1 fully saturated rings. The Morgan fingerprint density at radius 3 is 2.58 bits per heavy atom. The Bertz CT molecular complexity index is 1040. The third-order valence-electron chi connectivity index (χ3n) is 5.20. The van der Waals surface area contributed by atoms with Gasteiger partial charge in [0.05, 0.1) is 34.2 Å². The average molecular weight is 486 g/mol. The van der Waals surface area contributed by atoms with Gasteiger partial charge in [-0.15, -0.1) is 0 Å². The summed E-state index contributed by atoms with van der Waals surface area (Å²) in [6, 6.07) is 11.2. The molecule has 1 heterocycles. The van der Waals surface area contributed by atoms with Crippen LogP contribution in [0.1, 0.15) is 12.5 Å². The zero-order valence-corrected chi connectivity index (χ0v) is 19.7. The molecule has 3 rings (SSSR count). The van der Waals surface area contributed by atoms with E-state index in [1.165, 1.54) is 16.4 Å². The molecular formula is C21H25Cl2N3O4S. The smallest absolute Gasteiger partial charge is 0.243 e. The number of amides is 1. The quantitative estimate of drug-likeness (QED) is 0.649. The van der Waals surface area contributed by atoms with Crippen molar-refractivity contribution in [1.29, 1.82) is 0 Å². The minimum Gasteiger partial charge on any atom is -0.379 e. The molecule has 0 bridgehead atoms. The summed E-state index contributed by atoms with van der Waals surface area (Å²) in [4.78, 5) is 14.7. The topological polar surface area (TPSA) is 79.0 Å². The van der Waals surface area contributed by atoms with Crippen LogP contribution in [-0.2, 0) is 26.1 Å². The van der Waals surface area contributed by atoms with Crippen LogP contribution < -0.4 is 5.32 Å². The van der Waals surface area contributed by atoms with Gasteiger partial charge in [0.15, 0.2) is 0 Å². The van der Waals surface area contributed by atoms with E-state index in [9.17, 15) is 13.2 Å². The van der Waals surface area contributed by atoms with E-state index in [1.54, 1.807) is 32.2 Å². The van der Waals surface area contributed by atoms with Crippen molar-refractivity contribution in [3.05, 3.63) is 58.1 Å². The summed E-state index contributed by atoms with van der Waals surface area (Å²) >= 11 is 12.3. The van der Waals surface area contributed by atoms with Gasteiger partial charge in [0.1, 0.15) is 0 Å². The summed E-state index contributed by atoms with van der Waals surface area (Å²) in [5.74, 6) is -0.262. The van der Waals surface area contributed by atoms with Crippen LogP contribution in [0.4, 0.5) is 5.69 Å². The normalized spacial score (nSPS) is 16.3. The SMILES string of the molecule is C[C@H](C(=O)Nc1cccc(S(=O)(=O)N2CCOCC2)c1)N(C)Cc1cccc(Cl)c1Cl. The number of sulfonamides is 1. The zero-order valence-electron chi connectivity index (χ0n) is 17.3. The lowest BCUT2D eigenvalue weighted by Crippen LogP contribution is -2.40. The Kier molecular flexibility index (Phi) is 7.96. The summed E-state index contributed by atoms with van der Waals surface area (Å²) in [5, 5.41) is 3.73. The van der Waals surface area contributed by atoms with Crippen LogP contribution in [0.15, 0.2) is 47.4 Å². The molecule has 0 aliphatic carbocycles. The third kappa shape index (κ3) is 5.77. The number of halogens is 2. The van der Waals surface area contributed by atoms with Gasteiger partial charge >= 0.3 is 0 Å². The number of ether oxygens (including phenoxy) is 1. The molecule has 0 radical (unpaired) electrons. The molecule has 7 nitrogen and oxygen atoms in total. The van der Waals surface area contributed by atoms with Crippen LogP contribution in [0.5, 0.6) is 0 Å². The second kappa shape index (κ2) is 10.3. The molecule has 31 heavy (non-hydrogen) atoms. The largest absolute Gasteiger partial charge is 0.379 e. The summed E-state index contributed by atoms with van der Waals surface area (Å²) in [7, 11) is -1.84. The molecule has 1 N–H and O–H groups in total. The monoisotopic (exact) mass is 485 g/mol. The van der Waals surface area contributed by atoms with Crippen molar-refractivity contribution in [2.45, 2.75) is 24.4 Å². The van der Waals surface area contributed by atoms with Crippen molar-refractivity contribution in [3.8, 4) is 0 Å². The molecule has 1 atom stereocenters. The fourth-order valence-corrected chi connectivity index (χ4v) is 5.03. The minimum absolute atomic E-state index is 0.138. The van der Waals surface area contributed by atoms with Gasteiger partial charge in [-0.3, -0.25) is 9.69 Å². The van der Waals surface area contributed by atoms with Crippen molar-refractivity contribution in [3.63, 3.8) is 0 Å². The van der Waals surface area contributed by atoms with Gasteiger partial charge in [0.25, 0.3) is 0 Å². The summed E-state index contributed by atoms with van der Waals surface area (Å²) in [6.45, 7) is 3.56. The fourth-order valence-electron chi connectivity index (χ4n) is 3.19. The maximum Gasteiger partial charge on any atom is 0.243 e. The molecule has 0 aromatic heterocycles. The van der Waals surface area contributed by atoms with Gasteiger partial charge < -0.3 is 10.1 Å². The van der Waals surface area contributed by atoms with Gasteiger partial charge in [-0.05, 0) is 43.8 Å². The van der Waals surface area contributed by atoms with E-state index >= 15 is 0 Å². The Morgan fingerprint density at radius 1 is 1.19 bits per heavy atom. The van der Waals surface area contributed by atoms with Gasteiger partial charge in [-0.1, -0.05) is 41.4 Å². The maximum absolute atomic E-state index is 12.9. The summed E-state index contributed by atoms with van der Waals surface area (Å²) in [6.07, 6.45) is 0. The first kappa shape index (κ1) is 24.0. The van der Waals surface area contributed by atoms with Crippen molar-refractivity contribution >= 4 is 44.8 Å². The van der Waals surface area contributed by atoms with Gasteiger partial charge in [-0.2, -0.15) is 4.31 Å². The predicted molar refractivity (Wildman–Crippen MR) is 122 cm³/mol. The molecule has 168 valence electrons. The number of benzene rings is 2. The molecule has 1 aliphatic heterocycles. The van der Waals surface area contributed by atoms with Crippen LogP contribution in [0.3, 0.4) is 0 Å². The first-order valence-corrected chi connectivity index (χ1v) is 12.0. The number of morpholine rings is 1. The third-order valence-corrected chi connectivity index (χ3v) is 7.95. The number of rotatable bonds is 7. The van der Waals surface area contributed by atoms with Gasteiger partial charge in [0.2, 0.25) is 15.9 Å². The van der Waals surface area contributed by atoms with Crippen LogP contribution in [-0.4, -0.2) is 62.9 Å². The van der Waals surface area contributed by atoms with E-state index in [4.69, 9.17) is 27.9 Å². The van der Waals surface area contributed by atoms with Crippen molar-refractivity contribution in [1.82, 2.24) is 9.21 Å². The number of hydrogen-bond donors (Lipinski definition) is 1. The lowest BCUT2D eigenvalue weighted by molar-refractivity contribution is -0.120. The first-order valence-electron chi connectivity index (χ1n) is 9.82. The highest BCUT2D eigenvalue weighted by molar-refractivity contribution is 7.89. The number of carbonyl (C=O) groups is 1. The molecular weight excluding hydrogens is 461 g/mol. The Hall–Kier alpha value is -1.68. The highest BCUT2D eigenvalue weighted by Crippen LogP contribution is 2.27. The van der Waals surface area contributed by atoms with E-state index in [2.05, 4.69) is 5.32 Å². The van der Waals surface area contributed by atoms with Crippen LogP contribution in [0.2, 0.25) is 10.0 Å². The molecule has 0 unspecified atom stereocenters. The van der Waals surface area contributed by atoms with E-state index in [-0.39, 0.29) is 10.8 Å². The lowest BCUT2D eigenvalue weighted by Gasteiger charge is -2.26. The standard InChI is InChI=1S/C21H25Cl2N3O4S/c1-15(25(2)14-16-5-3-8-19(22)20(16)23)21(27)24-17-6-4-7-18(13-17)31(28,29)26-9-11-30-12-10-26/h3-8,13,15H,9-12,14H2,1-2H3,(H,24,27)/t15-/m1/s1. The zero-order chi connectivity index (χ0) is 22.6. The fraction of sp³-hybridized carbons (Fsp3) is 0.381. The van der Waals surface area contributed by atoms with Crippen molar-refractivity contribution in [2.75, 3.05) is 38.7 Å². The van der Waals surface area contributed by atoms with E-state index in [0.29, 0.717) is 48.6 Å². The van der Waals surface area contributed by atoms with Crippen LogP contribution >= 0.6 is 23.2 Å². The van der Waals surface area contributed by atoms with E-state index in [1.807, 2.05) is 17.0 Å². The van der Waals surface area contributed by atoms with Gasteiger partial charge in [-0.25, -0.2) is 8.42 Å². The molecule has 2 aromatic rings. The molecule has 1 amide bonds. The number of carbonyl (C=O) groups excluding carboxylic acids is 1. The van der Waals surface area contributed by atoms with E-state index < -0.39 is 16.1 Å². The number of likely N-dealkylation sites (N-methyl/N-ethyl adjacent to an activating group) is 1. The average Bonchev–Trinajstić information content (AvgIpc) is 2.77. The van der Waals surface area contributed by atoms with Crippen LogP contribution in [0, 0.1) is 0 Å². The number of hydrogen-bond acceptors (Lipinski definition) is 5. The molecule has 1 aliphatic rings. The molecule has 10 heteroatoms. The Balaban J connectivity index is 1.68. The molecule has 0 spiro atoms. The second-order valence-electron chi connectivity index (χ2n) is 7.34. The molecule has 1 saturated heterocycles. The summed E-state index contributed by atoms with van der Waals surface area (Å²) in [5.41, 5.74) is 1.23. The summed E-state index contributed by atoms with van der Waals surface area (Å²) < 4.78 is 32.3. The predicted octanol–water partition coefficient (Wildman–Crippen LogP) is 3.47. The number of anilines is 1. The number of nitrogens with one attached hydrogen (secondary N) is 1. The maximum atomic E-state index is 12.9. The van der Waals surface area contributed by atoms with Crippen molar-refractivity contribution in [2.24, 2.45) is 0 Å². The molecule has 0 saturated carbocycles. The van der Waals surface area contributed by atoms with Gasteiger partial charge in [0, 0.05) is 25.3 Å². The van der Waals surface area contributed by atoms with E-state index in [0.717, 1.165) is 5.56 Å². The van der Waals surface area contributed by atoms with Crippen molar-refractivity contribution < 1.29 is 17.9 Å².